The fraction of sp³-hybridized carbons (Fsp3) is 0.385. The molecular weight excluding hydrogens is 250 g/mol. The lowest BCUT2D eigenvalue weighted by Gasteiger charge is -2.02. The molecule has 1 aromatic rings. The number of rotatable bonds is 1. The van der Waals surface area contributed by atoms with Crippen molar-refractivity contribution in [2.45, 2.75) is 19.4 Å². The highest BCUT2D eigenvalue weighted by atomic mass is 35.5. The van der Waals surface area contributed by atoms with Crippen LogP contribution in [0.1, 0.15) is 22.9 Å². The minimum absolute atomic E-state index is 0.203. The zero-order valence-electron chi connectivity index (χ0n) is 10.4. The molecule has 4 nitrogen and oxygen atoms in total. The van der Waals surface area contributed by atoms with E-state index in [4.69, 9.17) is 18.2 Å². The van der Waals surface area contributed by atoms with Crippen LogP contribution in [0.3, 0.4) is 0 Å². The Balaban J connectivity index is 0.000000492. The fourth-order valence-electron chi connectivity index (χ4n) is 2.09. The van der Waals surface area contributed by atoms with Gasteiger partial charge in [0, 0.05) is 18.9 Å². The summed E-state index contributed by atoms with van der Waals surface area (Å²) in [6, 6.07) is -0.313. The molecule has 0 aromatic carbocycles. The first-order valence-electron chi connectivity index (χ1n) is 5.44. The maximum Gasteiger partial charge on any atom is 0.308 e. The van der Waals surface area contributed by atoms with Gasteiger partial charge in [-0.2, -0.15) is 0 Å². The average molecular weight is 265 g/mol. The first-order valence-corrected chi connectivity index (χ1v) is 5.82. The van der Waals surface area contributed by atoms with E-state index in [0.717, 1.165) is 23.1 Å². The Kier molecular flexibility index (Phi) is 4.99. The van der Waals surface area contributed by atoms with Crippen LogP contribution in [0.5, 0.6) is 0 Å². The third-order valence-corrected chi connectivity index (χ3v) is 3.17. The molecule has 0 fully saturated rings. The van der Waals surface area contributed by atoms with Gasteiger partial charge >= 0.3 is 6.04 Å². The minimum Gasteiger partial charge on any atom is -0.304 e. The number of fused-ring (bicyclic) bond motifs is 1. The second kappa shape index (κ2) is 6.27. The average Bonchev–Trinajstić information content (AvgIpc) is 2.74. The second-order valence-electron chi connectivity index (χ2n) is 4.00. The van der Waals surface area contributed by atoms with Crippen LogP contribution < -0.4 is 0 Å². The number of nitrogens with zero attached hydrogens (tertiary/aromatic N) is 3. The maximum absolute atomic E-state index is 10.9. The summed E-state index contributed by atoms with van der Waals surface area (Å²) in [6.07, 6.45) is 3.10. The summed E-state index contributed by atoms with van der Waals surface area (Å²) in [7, 11) is 1.64. The fourth-order valence-corrected chi connectivity index (χ4v) is 2.36. The molecule has 1 aliphatic carbocycles. The van der Waals surface area contributed by atoms with Crippen molar-refractivity contribution in [3.8, 4) is 6.57 Å². The van der Waals surface area contributed by atoms with E-state index in [1.807, 2.05) is 6.92 Å². The number of halogens is 1. The molecule has 0 saturated carbocycles. The van der Waals surface area contributed by atoms with Crippen molar-refractivity contribution >= 4 is 24.6 Å². The Morgan fingerprint density at radius 1 is 1.72 bits per heavy atom. The quantitative estimate of drug-likeness (QED) is 0.578. The largest absolute Gasteiger partial charge is 0.308 e. The van der Waals surface area contributed by atoms with Gasteiger partial charge in [-0.05, 0) is 25.6 Å². The molecule has 1 aliphatic rings. The first-order chi connectivity index (χ1) is 8.60. The number of hydrogen-bond acceptors (Lipinski definition) is 3. The third-order valence-electron chi connectivity index (χ3n) is 2.87. The lowest BCUT2D eigenvalue weighted by atomic mass is 10.0. The van der Waals surface area contributed by atoms with Crippen LogP contribution in [0.15, 0.2) is 11.2 Å². The smallest absolute Gasteiger partial charge is 0.304 e. The number of hydrogen-bond donors (Lipinski definition) is 0. The van der Waals surface area contributed by atoms with E-state index in [1.54, 1.807) is 13.2 Å². The van der Waals surface area contributed by atoms with Crippen LogP contribution in [-0.4, -0.2) is 25.0 Å². The molecule has 1 unspecified atom stereocenters. The van der Waals surface area contributed by atoms with Crippen molar-refractivity contribution in [1.82, 2.24) is 4.98 Å². The molecule has 1 aromatic heterocycles. The van der Waals surface area contributed by atoms with Crippen LogP contribution in [0.25, 0.3) is 4.85 Å². The molecule has 0 bridgehead atoms. The molecule has 94 valence electrons. The van der Waals surface area contributed by atoms with Gasteiger partial charge < -0.3 is 9.79 Å². The van der Waals surface area contributed by atoms with Crippen molar-refractivity contribution in [2.75, 3.05) is 7.05 Å². The van der Waals surface area contributed by atoms with Crippen LogP contribution in [0.4, 0.5) is 0 Å². The predicted octanol–water partition coefficient (Wildman–Crippen LogP) is 2.74. The topological polar surface area (TPSA) is 46.7 Å². The van der Waals surface area contributed by atoms with Crippen LogP contribution >= 0.6 is 11.6 Å². The number of aromatic nitrogens is 1. The molecule has 18 heavy (non-hydrogen) atoms. The molecule has 5 heteroatoms. The zero-order chi connectivity index (χ0) is 13.7. The normalized spacial score (nSPS) is 20.1. The van der Waals surface area contributed by atoms with E-state index in [9.17, 15) is 4.79 Å². The number of aryl methyl sites for hydroxylation is 1. The summed E-state index contributed by atoms with van der Waals surface area (Å²) in [5.41, 5.74) is 2.77. The van der Waals surface area contributed by atoms with Gasteiger partial charge in [-0.1, -0.05) is 16.4 Å². The molecule has 2 atom stereocenters. The van der Waals surface area contributed by atoms with Gasteiger partial charge in [-0.25, -0.2) is 0 Å². The van der Waals surface area contributed by atoms with Gasteiger partial charge in [0.25, 0.3) is 6.57 Å². The molecule has 1 heterocycles. The van der Waals surface area contributed by atoms with Gasteiger partial charge in [0.1, 0.15) is 12.2 Å². The highest BCUT2D eigenvalue weighted by Gasteiger charge is 2.42. The second-order valence-corrected chi connectivity index (χ2v) is 4.41. The summed E-state index contributed by atoms with van der Waals surface area (Å²) in [5, 5.41) is 0.541. The summed E-state index contributed by atoms with van der Waals surface area (Å²) >= 11 is 6.04. The van der Waals surface area contributed by atoms with Crippen LogP contribution in [0.2, 0.25) is 5.02 Å². The first kappa shape index (κ1) is 14.3. The Bertz CT molecular complexity index is 508. The Morgan fingerprint density at radius 3 is 2.83 bits per heavy atom. The molecule has 0 N–H and O–H groups in total. The molecule has 0 aliphatic heterocycles. The number of carbonyl (C=O) groups is 1. The van der Waals surface area contributed by atoms with E-state index in [1.165, 1.54) is 0 Å². The van der Waals surface area contributed by atoms with E-state index in [2.05, 4.69) is 21.5 Å². The molecule has 0 radical (unpaired) electrons. The summed E-state index contributed by atoms with van der Waals surface area (Å²) in [4.78, 5) is 22.0. The summed E-state index contributed by atoms with van der Waals surface area (Å²) < 4.78 is 0. The monoisotopic (exact) mass is 264 g/mol. The van der Waals surface area contributed by atoms with Crippen molar-refractivity contribution in [3.63, 3.8) is 0 Å². The van der Waals surface area contributed by atoms with Crippen LogP contribution in [-0.2, 0) is 11.2 Å². The van der Waals surface area contributed by atoms with E-state index in [0.29, 0.717) is 11.4 Å². The van der Waals surface area contributed by atoms with Gasteiger partial charge in [-0.15, -0.1) is 0 Å². The highest BCUT2D eigenvalue weighted by molar-refractivity contribution is 6.31. The number of aldehydes is 1. The summed E-state index contributed by atoms with van der Waals surface area (Å²) in [6.45, 7) is 10.3. The van der Waals surface area contributed by atoms with Gasteiger partial charge in [0.2, 0.25) is 0 Å². The Hall–Kier alpha value is -1.73. The van der Waals surface area contributed by atoms with Crippen molar-refractivity contribution in [2.24, 2.45) is 10.9 Å². The van der Waals surface area contributed by atoms with Gasteiger partial charge in [-0.3, -0.25) is 4.98 Å². The van der Waals surface area contributed by atoms with Crippen molar-refractivity contribution in [1.29, 1.82) is 0 Å². The van der Waals surface area contributed by atoms with E-state index >= 15 is 0 Å². The van der Waals surface area contributed by atoms with Gasteiger partial charge in [0.05, 0.1) is 10.6 Å². The maximum atomic E-state index is 10.9. The predicted molar refractivity (Wildman–Crippen MR) is 73.8 cm³/mol. The molecular formula is C13H15ClN3O+. The Morgan fingerprint density at radius 2 is 2.33 bits per heavy atom. The third kappa shape index (κ3) is 2.57. The van der Waals surface area contributed by atoms with Crippen LogP contribution in [0, 0.1) is 19.4 Å². The SMILES string of the molecule is C#[N+]C1c2c(Cl)cnc(C)c2C[C@H]1C=O.C=NC. The van der Waals surface area contributed by atoms with E-state index in [-0.39, 0.29) is 12.0 Å². The lowest BCUT2D eigenvalue weighted by molar-refractivity contribution is -0.111. The molecule has 0 amide bonds. The Labute approximate surface area is 112 Å². The van der Waals surface area contributed by atoms with Gasteiger partial charge in [0.15, 0.2) is 0 Å². The summed E-state index contributed by atoms with van der Waals surface area (Å²) in [5.74, 6) is -0.203. The minimum atomic E-state index is -0.313. The molecule has 0 spiro atoms. The number of pyridine rings is 1. The zero-order valence-corrected chi connectivity index (χ0v) is 11.2. The number of aliphatic imine (C=N–C) groups is 1. The molecule has 2 rings (SSSR count). The van der Waals surface area contributed by atoms with E-state index < -0.39 is 0 Å². The molecule has 0 saturated heterocycles. The lowest BCUT2D eigenvalue weighted by Crippen LogP contribution is -2.05. The van der Waals surface area contributed by atoms with Crippen molar-refractivity contribution < 1.29 is 4.79 Å². The highest BCUT2D eigenvalue weighted by Crippen LogP contribution is 2.42. The number of carbonyl (C=O) groups excluding carboxylic acids is 1. The van der Waals surface area contributed by atoms with Crippen molar-refractivity contribution in [3.05, 3.63) is 32.9 Å². The standard InChI is InChI=1S/C11H10ClN2O.C2H5N/c1-6-8-3-7(5-15)11(13-2)10(8)9(12)4-14-6;1-3-2/h2,4-5,7,11H,3H2,1H3;1H2,2H3/q+1;/t7-,11?;/m0./s1.